The van der Waals surface area contributed by atoms with E-state index in [1.807, 2.05) is 0 Å². The second-order valence-electron chi connectivity index (χ2n) is 12.8. The Morgan fingerprint density at radius 1 is 0.388 bits per heavy atom. The number of para-hydroxylation sites is 2. The molecule has 0 saturated carbocycles. The third kappa shape index (κ3) is 4.90. The molecule has 0 radical (unpaired) electrons. The Morgan fingerprint density at radius 3 is 1.67 bits per heavy atom. The molecule has 3 nitrogen and oxygen atoms in total. The normalized spacial score (nSPS) is 11.5. The third-order valence-corrected chi connectivity index (χ3v) is 9.63. The van der Waals surface area contributed by atoms with Gasteiger partial charge < -0.3 is 14.0 Å². The van der Waals surface area contributed by atoms with E-state index >= 15 is 0 Å². The molecule has 0 atom stereocenters. The summed E-state index contributed by atoms with van der Waals surface area (Å²) in [6.45, 7) is 4.27. The lowest BCUT2D eigenvalue weighted by Crippen LogP contribution is -2.10. The SMILES string of the molecule is Cc1ccc(N(c2ccc(C)cc2)c2cccc(-n3c4ccccc4c4ccc5c(cc(-c6ccccc6)n5-c5ccccc5)c43)c2)cc1. The van der Waals surface area contributed by atoms with Crippen LogP contribution >= 0.6 is 0 Å². The van der Waals surface area contributed by atoms with Gasteiger partial charge in [0.25, 0.3) is 0 Å². The molecular formula is C46H35N3. The molecule has 3 heteroatoms. The molecule has 0 unspecified atom stereocenters. The number of hydrogen-bond donors (Lipinski definition) is 0. The Morgan fingerprint density at radius 2 is 0.980 bits per heavy atom. The van der Waals surface area contributed by atoms with Crippen molar-refractivity contribution in [2.75, 3.05) is 4.90 Å². The van der Waals surface area contributed by atoms with Crippen LogP contribution in [-0.2, 0) is 0 Å². The van der Waals surface area contributed by atoms with E-state index in [1.165, 1.54) is 55.1 Å². The Bertz CT molecular complexity index is 2550. The molecule has 0 aliphatic heterocycles. The number of benzene rings is 7. The average Bonchev–Trinajstić information content (AvgIpc) is 3.71. The highest BCUT2D eigenvalue weighted by atomic mass is 15.1. The van der Waals surface area contributed by atoms with Gasteiger partial charge in [-0.3, -0.25) is 0 Å². The van der Waals surface area contributed by atoms with Crippen LogP contribution in [0, 0.1) is 13.8 Å². The topological polar surface area (TPSA) is 13.1 Å². The van der Waals surface area contributed by atoms with Crippen molar-refractivity contribution >= 4 is 49.8 Å². The fourth-order valence-electron chi connectivity index (χ4n) is 7.29. The number of anilines is 3. The lowest BCUT2D eigenvalue weighted by molar-refractivity contribution is 1.13. The Hall–Kier alpha value is -6.32. The zero-order valence-corrected chi connectivity index (χ0v) is 27.6. The number of rotatable bonds is 6. The summed E-state index contributed by atoms with van der Waals surface area (Å²) in [6, 6.07) is 63.8. The van der Waals surface area contributed by atoms with Crippen molar-refractivity contribution < 1.29 is 0 Å². The van der Waals surface area contributed by atoms with Gasteiger partial charge in [0.2, 0.25) is 0 Å². The van der Waals surface area contributed by atoms with E-state index in [0.29, 0.717) is 0 Å². The summed E-state index contributed by atoms with van der Waals surface area (Å²) in [6.07, 6.45) is 0. The third-order valence-electron chi connectivity index (χ3n) is 9.63. The minimum absolute atomic E-state index is 1.11. The summed E-state index contributed by atoms with van der Waals surface area (Å²) in [5.41, 5.74) is 14.0. The molecule has 0 saturated heterocycles. The Balaban J connectivity index is 1.33. The molecule has 9 aromatic rings. The van der Waals surface area contributed by atoms with Gasteiger partial charge in [-0.2, -0.15) is 0 Å². The smallest absolute Gasteiger partial charge is 0.0635 e. The molecule has 234 valence electrons. The maximum absolute atomic E-state index is 2.46. The minimum Gasteiger partial charge on any atom is -0.310 e. The largest absolute Gasteiger partial charge is 0.310 e. The first-order chi connectivity index (χ1) is 24.1. The first-order valence-electron chi connectivity index (χ1n) is 16.9. The lowest BCUT2D eigenvalue weighted by atomic mass is 10.1. The number of nitrogens with zero attached hydrogens (tertiary/aromatic N) is 3. The van der Waals surface area contributed by atoms with Crippen molar-refractivity contribution in [3.05, 3.63) is 187 Å². The molecule has 0 amide bonds. The standard InChI is InChI=1S/C46H35N3/c1-32-20-24-36(25-21-32)47(37-26-22-33(2)23-27-37)38-16-11-17-39(30-38)49-43-19-10-9-18-40(43)41-28-29-44-42(46(41)49)31-45(34-12-5-3-6-13-34)48(44)35-14-7-4-8-15-35/h3-31H,1-2H3. The minimum atomic E-state index is 1.11. The van der Waals surface area contributed by atoms with Crippen molar-refractivity contribution in [1.29, 1.82) is 0 Å². The molecule has 0 spiro atoms. The van der Waals surface area contributed by atoms with Crippen LogP contribution in [0.2, 0.25) is 0 Å². The van der Waals surface area contributed by atoms with Crippen molar-refractivity contribution in [1.82, 2.24) is 9.13 Å². The highest BCUT2D eigenvalue weighted by Gasteiger charge is 2.21. The molecule has 0 N–H and O–H groups in total. The van der Waals surface area contributed by atoms with E-state index in [0.717, 1.165) is 28.4 Å². The van der Waals surface area contributed by atoms with E-state index in [9.17, 15) is 0 Å². The Labute approximate surface area is 286 Å². The maximum atomic E-state index is 2.46. The second kappa shape index (κ2) is 11.7. The van der Waals surface area contributed by atoms with Gasteiger partial charge in [-0.05, 0) is 92.2 Å². The first-order valence-corrected chi connectivity index (χ1v) is 16.9. The Kier molecular flexibility index (Phi) is 6.91. The molecular weight excluding hydrogens is 595 g/mol. The van der Waals surface area contributed by atoms with Crippen LogP contribution in [0.15, 0.2) is 176 Å². The van der Waals surface area contributed by atoms with E-state index in [2.05, 4.69) is 204 Å². The van der Waals surface area contributed by atoms with Gasteiger partial charge in [0.1, 0.15) is 0 Å². The van der Waals surface area contributed by atoms with Crippen molar-refractivity contribution in [3.8, 4) is 22.6 Å². The van der Waals surface area contributed by atoms with Gasteiger partial charge in [0, 0.05) is 44.6 Å². The number of aromatic nitrogens is 2. The quantitative estimate of drug-likeness (QED) is 0.178. The molecule has 49 heavy (non-hydrogen) atoms. The van der Waals surface area contributed by atoms with Gasteiger partial charge in [-0.15, -0.1) is 0 Å². The highest BCUT2D eigenvalue weighted by Crippen LogP contribution is 2.42. The highest BCUT2D eigenvalue weighted by molar-refractivity contribution is 6.19. The van der Waals surface area contributed by atoms with Crippen LogP contribution in [0.25, 0.3) is 55.3 Å². The average molecular weight is 630 g/mol. The van der Waals surface area contributed by atoms with Crippen LogP contribution < -0.4 is 4.90 Å². The zero-order valence-electron chi connectivity index (χ0n) is 27.6. The predicted molar refractivity (Wildman–Crippen MR) is 207 cm³/mol. The van der Waals surface area contributed by atoms with Crippen molar-refractivity contribution in [2.45, 2.75) is 13.8 Å². The number of hydrogen-bond acceptors (Lipinski definition) is 1. The van der Waals surface area contributed by atoms with E-state index in [-0.39, 0.29) is 0 Å². The summed E-state index contributed by atoms with van der Waals surface area (Å²) in [7, 11) is 0. The molecule has 0 fully saturated rings. The molecule has 0 aliphatic rings. The predicted octanol–water partition coefficient (Wildman–Crippen LogP) is 12.5. The molecule has 9 rings (SSSR count). The fraction of sp³-hybridized carbons (Fsp3) is 0.0435. The number of aryl methyl sites for hydroxylation is 2. The first kappa shape index (κ1) is 28.9. The summed E-state index contributed by atoms with van der Waals surface area (Å²) in [5, 5.41) is 3.70. The molecule has 2 aromatic heterocycles. The van der Waals surface area contributed by atoms with Crippen molar-refractivity contribution in [3.63, 3.8) is 0 Å². The molecule has 0 bridgehead atoms. The van der Waals surface area contributed by atoms with Crippen LogP contribution in [0.1, 0.15) is 11.1 Å². The molecule has 2 heterocycles. The van der Waals surface area contributed by atoms with Gasteiger partial charge in [0.05, 0.1) is 22.2 Å². The second-order valence-corrected chi connectivity index (χ2v) is 12.8. The van der Waals surface area contributed by atoms with E-state index < -0.39 is 0 Å². The van der Waals surface area contributed by atoms with Crippen LogP contribution in [0.4, 0.5) is 17.1 Å². The van der Waals surface area contributed by atoms with Gasteiger partial charge >= 0.3 is 0 Å². The van der Waals surface area contributed by atoms with Crippen LogP contribution in [0.5, 0.6) is 0 Å². The summed E-state index contributed by atoms with van der Waals surface area (Å²) < 4.78 is 4.86. The maximum Gasteiger partial charge on any atom is 0.0635 e. The molecule has 7 aromatic carbocycles. The van der Waals surface area contributed by atoms with E-state index in [1.54, 1.807) is 0 Å². The van der Waals surface area contributed by atoms with Gasteiger partial charge in [-0.1, -0.05) is 114 Å². The van der Waals surface area contributed by atoms with Crippen LogP contribution in [0.3, 0.4) is 0 Å². The van der Waals surface area contributed by atoms with Crippen molar-refractivity contribution in [2.24, 2.45) is 0 Å². The monoisotopic (exact) mass is 629 g/mol. The zero-order chi connectivity index (χ0) is 32.9. The summed E-state index contributed by atoms with van der Waals surface area (Å²) in [4.78, 5) is 2.35. The number of fused-ring (bicyclic) bond motifs is 5. The van der Waals surface area contributed by atoms with Gasteiger partial charge in [0.15, 0.2) is 0 Å². The lowest BCUT2D eigenvalue weighted by Gasteiger charge is -2.26. The van der Waals surface area contributed by atoms with E-state index in [4.69, 9.17) is 0 Å². The summed E-state index contributed by atoms with van der Waals surface area (Å²) >= 11 is 0. The van der Waals surface area contributed by atoms with Gasteiger partial charge in [-0.25, -0.2) is 0 Å². The molecule has 0 aliphatic carbocycles. The van der Waals surface area contributed by atoms with Crippen LogP contribution in [-0.4, -0.2) is 9.13 Å². The fourth-order valence-corrected chi connectivity index (χ4v) is 7.29. The summed E-state index contributed by atoms with van der Waals surface area (Å²) in [5.74, 6) is 0.